The van der Waals surface area contributed by atoms with E-state index in [4.69, 9.17) is 4.42 Å². The van der Waals surface area contributed by atoms with Gasteiger partial charge in [0.15, 0.2) is 0 Å². The van der Waals surface area contributed by atoms with Crippen LogP contribution in [0.1, 0.15) is 29.9 Å². The number of hydrogen-bond donors (Lipinski definition) is 1. The summed E-state index contributed by atoms with van der Waals surface area (Å²) in [5, 5.41) is 3.45. The summed E-state index contributed by atoms with van der Waals surface area (Å²) in [5.74, 6) is 1.01. The number of hydrogen-bond acceptors (Lipinski definition) is 2. The molecule has 0 bridgehead atoms. The normalized spacial score (nSPS) is 12.6. The molecule has 0 fully saturated rings. The lowest BCUT2D eigenvalue weighted by molar-refractivity contribution is 0.458. The van der Waals surface area contributed by atoms with Crippen LogP contribution in [-0.4, -0.2) is 0 Å². The van der Waals surface area contributed by atoms with E-state index in [0.29, 0.717) is 6.04 Å². The molecule has 1 aromatic heterocycles. The Hall–Kier alpha value is -1.06. The topological polar surface area (TPSA) is 25.2 Å². The summed E-state index contributed by atoms with van der Waals surface area (Å²) in [6.45, 7) is 4.97. The summed E-state index contributed by atoms with van der Waals surface area (Å²) in [6.07, 6.45) is 1.73. The largest absolute Gasteiger partial charge is 0.468 e. The highest BCUT2D eigenvalue weighted by Crippen LogP contribution is 2.17. The third kappa shape index (κ3) is 3.20. The van der Waals surface area contributed by atoms with Gasteiger partial charge >= 0.3 is 0 Å². The lowest BCUT2D eigenvalue weighted by Crippen LogP contribution is -2.18. The molecular formula is C14H16BrNO. The van der Waals surface area contributed by atoms with Crippen molar-refractivity contribution in [2.45, 2.75) is 26.4 Å². The van der Waals surface area contributed by atoms with E-state index in [2.05, 4.69) is 59.4 Å². The standard InChI is InChI=1S/C14H16BrNO/c1-10-7-8-17-14(10)9-16-11(2)12-3-5-13(15)6-4-12/h3-8,11,16H,9H2,1-2H3/t11-/m1/s1. The third-order valence-electron chi connectivity index (χ3n) is 2.91. The van der Waals surface area contributed by atoms with Crippen LogP contribution in [0.25, 0.3) is 0 Å². The molecule has 2 rings (SSSR count). The minimum Gasteiger partial charge on any atom is -0.468 e. The highest BCUT2D eigenvalue weighted by molar-refractivity contribution is 9.10. The van der Waals surface area contributed by atoms with Crippen molar-refractivity contribution in [3.8, 4) is 0 Å². The van der Waals surface area contributed by atoms with E-state index in [1.807, 2.05) is 6.07 Å². The van der Waals surface area contributed by atoms with Gasteiger partial charge in [0.1, 0.15) is 5.76 Å². The maximum absolute atomic E-state index is 5.40. The first kappa shape index (κ1) is 12.4. The molecular weight excluding hydrogens is 278 g/mol. The molecule has 1 atom stereocenters. The number of furan rings is 1. The Kier molecular flexibility index (Phi) is 4.02. The fourth-order valence-corrected chi connectivity index (χ4v) is 1.96. The third-order valence-corrected chi connectivity index (χ3v) is 3.44. The number of halogens is 1. The maximum atomic E-state index is 5.40. The van der Waals surface area contributed by atoms with Gasteiger partial charge in [0.05, 0.1) is 12.8 Å². The van der Waals surface area contributed by atoms with Crippen LogP contribution in [0.3, 0.4) is 0 Å². The summed E-state index contributed by atoms with van der Waals surface area (Å²) >= 11 is 3.44. The van der Waals surface area contributed by atoms with Crippen molar-refractivity contribution in [3.05, 3.63) is 58.0 Å². The van der Waals surface area contributed by atoms with Gasteiger partial charge in [-0.1, -0.05) is 28.1 Å². The highest BCUT2D eigenvalue weighted by atomic mass is 79.9. The lowest BCUT2D eigenvalue weighted by Gasteiger charge is -2.13. The summed E-state index contributed by atoms with van der Waals surface area (Å²) < 4.78 is 6.51. The molecule has 0 aliphatic rings. The molecule has 0 amide bonds. The minimum atomic E-state index is 0.313. The van der Waals surface area contributed by atoms with Crippen LogP contribution in [-0.2, 0) is 6.54 Å². The molecule has 1 heterocycles. The molecule has 17 heavy (non-hydrogen) atoms. The number of nitrogens with one attached hydrogen (secondary N) is 1. The van der Waals surface area contributed by atoms with Gasteiger partial charge in [-0.3, -0.25) is 0 Å². The summed E-state index contributed by atoms with van der Waals surface area (Å²) in [5.41, 5.74) is 2.47. The van der Waals surface area contributed by atoms with E-state index in [9.17, 15) is 0 Å². The van der Waals surface area contributed by atoms with Gasteiger partial charge in [-0.15, -0.1) is 0 Å². The summed E-state index contributed by atoms with van der Waals surface area (Å²) in [4.78, 5) is 0. The van der Waals surface area contributed by atoms with Crippen LogP contribution in [0.5, 0.6) is 0 Å². The molecule has 0 spiro atoms. The second-order valence-electron chi connectivity index (χ2n) is 4.18. The predicted octanol–water partition coefficient (Wildman–Crippen LogP) is 4.20. The molecule has 1 aromatic carbocycles. The van der Waals surface area contributed by atoms with E-state index >= 15 is 0 Å². The van der Waals surface area contributed by atoms with Gasteiger partial charge in [0.2, 0.25) is 0 Å². The quantitative estimate of drug-likeness (QED) is 0.914. The molecule has 0 radical (unpaired) electrons. The van der Waals surface area contributed by atoms with Gasteiger partial charge in [0.25, 0.3) is 0 Å². The molecule has 2 aromatic rings. The average molecular weight is 294 g/mol. The fourth-order valence-electron chi connectivity index (χ4n) is 1.70. The van der Waals surface area contributed by atoms with Crippen LogP contribution in [0, 0.1) is 6.92 Å². The monoisotopic (exact) mass is 293 g/mol. The molecule has 0 unspecified atom stereocenters. The molecule has 90 valence electrons. The molecule has 0 aliphatic heterocycles. The van der Waals surface area contributed by atoms with Gasteiger partial charge in [-0.25, -0.2) is 0 Å². The first-order valence-corrected chi connectivity index (χ1v) is 6.48. The van der Waals surface area contributed by atoms with Crippen LogP contribution in [0.2, 0.25) is 0 Å². The minimum absolute atomic E-state index is 0.313. The predicted molar refractivity (Wildman–Crippen MR) is 72.8 cm³/mol. The van der Waals surface area contributed by atoms with E-state index in [-0.39, 0.29) is 0 Å². The van der Waals surface area contributed by atoms with E-state index in [1.165, 1.54) is 11.1 Å². The van der Waals surface area contributed by atoms with Crippen molar-refractivity contribution in [2.24, 2.45) is 0 Å². The highest BCUT2D eigenvalue weighted by Gasteiger charge is 2.07. The Morgan fingerprint density at radius 3 is 2.53 bits per heavy atom. The van der Waals surface area contributed by atoms with Crippen molar-refractivity contribution >= 4 is 15.9 Å². The van der Waals surface area contributed by atoms with Crippen LogP contribution in [0.4, 0.5) is 0 Å². The first-order valence-electron chi connectivity index (χ1n) is 5.68. The summed E-state index contributed by atoms with van der Waals surface area (Å²) in [7, 11) is 0. The zero-order valence-corrected chi connectivity index (χ0v) is 11.6. The molecule has 2 nitrogen and oxygen atoms in total. The van der Waals surface area contributed by atoms with Gasteiger partial charge in [0, 0.05) is 10.5 Å². The Morgan fingerprint density at radius 1 is 1.24 bits per heavy atom. The Balaban J connectivity index is 1.95. The van der Waals surface area contributed by atoms with Crippen molar-refractivity contribution in [2.75, 3.05) is 0 Å². The molecule has 0 aliphatic carbocycles. The van der Waals surface area contributed by atoms with Crippen molar-refractivity contribution < 1.29 is 4.42 Å². The number of rotatable bonds is 4. The Bertz CT molecular complexity index is 475. The van der Waals surface area contributed by atoms with Crippen LogP contribution in [0.15, 0.2) is 45.5 Å². The lowest BCUT2D eigenvalue weighted by atomic mass is 10.1. The zero-order valence-electron chi connectivity index (χ0n) is 10.0. The number of benzene rings is 1. The van der Waals surface area contributed by atoms with Crippen LogP contribution >= 0.6 is 15.9 Å². The van der Waals surface area contributed by atoms with Gasteiger partial charge < -0.3 is 9.73 Å². The number of aryl methyl sites for hydroxylation is 1. The molecule has 0 saturated carbocycles. The average Bonchev–Trinajstić information content (AvgIpc) is 2.73. The Labute approximate surface area is 110 Å². The Morgan fingerprint density at radius 2 is 1.94 bits per heavy atom. The zero-order chi connectivity index (χ0) is 12.3. The van der Waals surface area contributed by atoms with Gasteiger partial charge in [-0.05, 0) is 43.2 Å². The van der Waals surface area contributed by atoms with E-state index in [0.717, 1.165) is 16.8 Å². The van der Waals surface area contributed by atoms with Crippen molar-refractivity contribution in [1.82, 2.24) is 5.32 Å². The van der Waals surface area contributed by atoms with Crippen molar-refractivity contribution in [3.63, 3.8) is 0 Å². The second kappa shape index (κ2) is 5.52. The fraction of sp³-hybridized carbons (Fsp3) is 0.286. The maximum Gasteiger partial charge on any atom is 0.120 e. The smallest absolute Gasteiger partial charge is 0.120 e. The summed E-state index contributed by atoms with van der Waals surface area (Å²) in [6, 6.07) is 10.7. The molecule has 0 saturated heterocycles. The molecule has 3 heteroatoms. The molecule has 1 N–H and O–H groups in total. The van der Waals surface area contributed by atoms with E-state index < -0.39 is 0 Å². The first-order chi connectivity index (χ1) is 8.16. The second-order valence-corrected chi connectivity index (χ2v) is 5.10. The SMILES string of the molecule is Cc1ccoc1CN[C@H](C)c1ccc(Br)cc1. The van der Waals surface area contributed by atoms with Crippen molar-refractivity contribution in [1.29, 1.82) is 0 Å². The van der Waals surface area contributed by atoms with Crippen LogP contribution < -0.4 is 5.32 Å². The van der Waals surface area contributed by atoms with E-state index in [1.54, 1.807) is 6.26 Å². The van der Waals surface area contributed by atoms with Gasteiger partial charge in [-0.2, -0.15) is 0 Å².